The first-order valence-corrected chi connectivity index (χ1v) is 9.20. The van der Waals surface area contributed by atoms with E-state index in [4.69, 9.17) is 4.74 Å². The van der Waals surface area contributed by atoms with E-state index in [1.807, 2.05) is 45.9 Å². The van der Waals surface area contributed by atoms with Crippen LogP contribution in [-0.4, -0.2) is 44.2 Å². The zero-order valence-corrected chi connectivity index (χ0v) is 20.0. The number of carbonyl (C=O) groups excluding carboxylic acids is 1. The second-order valence-electron chi connectivity index (χ2n) is 6.34. The van der Waals surface area contributed by atoms with Crippen molar-refractivity contribution in [3.63, 3.8) is 0 Å². The summed E-state index contributed by atoms with van der Waals surface area (Å²) in [4.78, 5) is 16.6. The van der Waals surface area contributed by atoms with Gasteiger partial charge in [-0.25, -0.2) is 0 Å². The standard InChI is InChI=1S/C18H29BrN4O2.HI/c1-6-20-17(22-12-18(3,4)25-5)21-10-9-16(24)23-15-11-14(19)8-7-13(15)2;/h7-8,11H,6,9-10,12H2,1-5H3,(H,23,24)(H2,20,21,22);1H. The number of hydrogen-bond donors (Lipinski definition) is 3. The molecule has 0 spiro atoms. The van der Waals surface area contributed by atoms with Gasteiger partial charge in [0.25, 0.3) is 0 Å². The topological polar surface area (TPSA) is 74.8 Å². The molecule has 0 aliphatic rings. The molecule has 0 saturated carbocycles. The number of carbonyl (C=O) groups is 1. The second-order valence-corrected chi connectivity index (χ2v) is 7.26. The monoisotopic (exact) mass is 540 g/mol. The van der Waals surface area contributed by atoms with Crippen LogP contribution in [-0.2, 0) is 9.53 Å². The number of methoxy groups -OCH3 is 1. The van der Waals surface area contributed by atoms with Crippen LogP contribution in [0, 0.1) is 6.92 Å². The molecule has 0 atom stereocenters. The number of hydrogen-bond acceptors (Lipinski definition) is 3. The van der Waals surface area contributed by atoms with Crippen molar-refractivity contribution >= 4 is 57.5 Å². The van der Waals surface area contributed by atoms with Crippen LogP contribution in [0.15, 0.2) is 27.7 Å². The van der Waals surface area contributed by atoms with Crippen LogP contribution in [0.25, 0.3) is 0 Å². The van der Waals surface area contributed by atoms with Gasteiger partial charge in [0.1, 0.15) is 0 Å². The molecule has 0 aliphatic carbocycles. The number of amides is 1. The number of rotatable bonds is 8. The molecule has 1 aromatic rings. The van der Waals surface area contributed by atoms with E-state index in [1.54, 1.807) is 7.11 Å². The number of ether oxygens (including phenoxy) is 1. The van der Waals surface area contributed by atoms with E-state index in [1.165, 1.54) is 0 Å². The maximum atomic E-state index is 12.1. The van der Waals surface area contributed by atoms with Gasteiger partial charge in [0.15, 0.2) is 5.96 Å². The summed E-state index contributed by atoms with van der Waals surface area (Å²) in [5.74, 6) is 0.640. The first kappa shape index (κ1) is 25.1. The van der Waals surface area contributed by atoms with E-state index in [2.05, 4.69) is 36.9 Å². The van der Waals surface area contributed by atoms with E-state index in [-0.39, 0.29) is 35.5 Å². The number of halogens is 2. The summed E-state index contributed by atoms with van der Waals surface area (Å²) in [6.45, 7) is 9.71. The SMILES string of the molecule is CCNC(=NCC(C)(C)OC)NCCC(=O)Nc1cc(Br)ccc1C.I. The molecule has 0 fully saturated rings. The smallest absolute Gasteiger partial charge is 0.226 e. The van der Waals surface area contributed by atoms with Crippen molar-refractivity contribution in [3.05, 3.63) is 28.2 Å². The van der Waals surface area contributed by atoms with Crippen LogP contribution in [0.4, 0.5) is 5.69 Å². The van der Waals surface area contributed by atoms with Gasteiger partial charge in [0.05, 0.1) is 12.1 Å². The molecule has 0 radical (unpaired) electrons. The Kier molecular flexibility index (Phi) is 12.1. The second kappa shape index (κ2) is 12.5. The molecule has 1 rings (SSSR count). The Bertz CT molecular complexity index is 609. The molecule has 3 N–H and O–H groups in total. The van der Waals surface area contributed by atoms with Crippen molar-refractivity contribution in [2.75, 3.05) is 32.1 Å². The number of nitrogens with zero attached hydrogens (tertiary/aromatic N) is 1. The minimum atomic E-state index is -0.321. The predicted molar refractivity (Wildman–Crippen MR) is 123 cm³/mol. The summed E-state index contributed by atoms with van der Waals surface area (Å²) in [5.41, 5.74) is 1.53. The first-order chi connectivity index (χ1) is 11.8. The van der Waals surface area contributed by atoms with E-state index in [0.29, 0.717) is 25.5 Å². The highest BCUT2D eigenvalue weighted by molar-refractivity contribution is 14.0. The van der Waals surface area contributed by atoms with Crippen LogP contribution in [0.3, 0.4) is 0 Å². The molecule has 0 unspecified atom stereocenters. The number of benzene rings is 1. The van der Waals surface area contributed by atoms with Gasteiger partial charge >= 0.3 is 0 Å². The summed E-state index contributed by atoms with van der Waals surface area (Å²) < 4.78 is 6.30. The molecule has 6 nitrogen and oxygen atoms in total. The van der Waals surface area contributed by atoms with Gasteiger partial charge in [-0.2, -0.15) is 0 Å². The van der Waals surface area contributed by atoms with Crippen molar-refractivity contribution in [2.24, 2.45) is 4.99 Å². The van der Waals surface area contributed by atoms with Gasteiger partial charge in [-0.05, 0) is 45.4 Å². The van der Waals surface area contributed by atoms with Crippen LogP contribution in [0.5, 0.6) is 0 Å². The summed E-state index contributed by atoms with van der Waals surface area (Å²) in [5, 5.41) is 9.27. The third-order valence-corrected chi connectivity index (χ3v) is 4.13. The lowest BCUT2D eigenvalue weighted by Crippen LogP contribution is -2.40. The summed E-state index contributed by atoms with van der Waals surface area (Å²) in [6, 6.07) is 5.82. The Morgan fingerprint density at radius 1 is 1.31 bits per heavy atom. The molecule has 26 heavy (non-hydrogen) atoms. The fraction of sp³-hybridized carbons (Fsp3) is 0.556. The third-order valence-electron chi connectivity index (χ3n) is 3.63. The molecule has 1 aromatic carbocycles. The molecule has 1 amide bonds. The minimum absolute atomic E-state index is 0. The fourth-order valence-corrected chi connectivity index (χ4v) is 2.27. The number of aliphatic imine (C=N–C) groups is 1. The molecule has 0 aromatic heterocycles. The number of aryl methyl sites for hydroxylation is 1. The first-order valence-electron chi connectivity index (χ1n) is 8.40. The molecule has 0 aliphatic heterocycles. The van der Waals surface area contributed by atoms with Crippen LogP contribution >= 0.6 is 39.9 Å². The predicted octanol–water partition coefficient (Wildman–Crippen LogP) is 3.68. The minimum Gasteiger partial charge on any atom is -0.377 e. The van der Waals surface area contributed by atoms with E-state index < -0.39 is 0 Å². The number of guanidine groups is 1. The highest BCUT2D eigenvalue weighted by Gasteiger charge is 2.15. The maximum Gasteiger partial charge on any atom is 0.226 e. The number of nitrogens with one attached hydrogen (secondary N) is 3. The van der Waals surface area contributed by atoms with Gasteiger partial charge in [-0.15, -0.1) is 24.0 Å². The molecule has 148 valence electrons. The molecule has 0 heterocycles. The summed E-state index contributed by atoms with van der Waals surface area (Å²) in [6.07, 6.45) is 0.351. The van der Waals surface area contributed by atoms with E-state index in [9.17, 15) is 4.79 Å². The average molecular weight is 541 g/mol. The lowest BCUT2D eigenvalue weighted by atomic mass is 10.1. The molecule has 0 saturated heterocycles. The van der Waals surface area contributed by atoms with Gasteiger partial charge in [-0.3, -0.25) is 9.79 Å². The van der Waals surface area contributed by atoms with Gasteiger partial charge in [-0.1, -0.05) is 22.0 Å². The Labute approximate surface area is 182 Å². The Morgan fingerprint density at radius 2 is 2.00 bits per heavy atom. The lowest BCUT2D eigenvalue weighted by molar-refractivity contribution is -0.116. The third kappa shape index (κ3) is 9.72. The highest BCUT2D eigenvalue weighted by atomic mass is 127. The fourth-order valence-electron chi connectivity index (χ4n) is 1.91. The average Bonchev–Trinajstić information content (AvgIpc) is 2.56. The van der Waals surface area contributed by atoms with Crippen LogP contribution in [0.1, 0.15) is 32.8 Å². The van der Waals surface area contributed by atoms with Crippen molar-refractivity contribution in [2.45, 2.75) is 39.7 Å². The van der Waals surface area contributed by atoms with Gasteiger partial charge < -0.3 is 20.7 Å². The highest BCUT2D eigenvalue weighted by Crippen LogP contribution is 2.20. The Hall–Kier alpha value is -0.870. The van der Waals surface area contributed by atoms with Gasteiger partial charge in [0.2, 0.25) is 5.91 Å². The van der Waals surface area contributed by atoms with Crippen LogP contribution in [0.2, 0.25) is 0 Å². The number of anilines is 1. The largest absolute Gasteiger partial charge is 0.377 e. The lowest BCUT2D eigenvalue weighted by Gasteiger charge is -2.21. The molecular weight excluding hydrogens is 511 g/mol. The van der Waals surface area contributed by atoms with Crippen molar-refractivity contribution in [1.82, 2.24) is 10.6 Å². The molecule has 0 bridgehead atoms. The molecular formula is C18H30BrIN4O2. The van der Waals surface area contributed by atoms with Crippen molar-refractivity contribution in [3.8, 4) is 0 Å². The van der Waals surface area contributed by atoms with Crippen molar-refractivity contribution in [1.29, 1.82) is 0 Å². The zero-order chi connectivity index (χ0) is 18.9. The van der Waals surface area contributed by atoms with E-state index in [0.717, 1.165) is 22.3 Å². The van der Waals surface area contributed by atoms with Crippen LogP contribution < -0.4 is 16.0 Å². The quantitative estimate of drug-likeness (QED) is 0.267. The Morgan fingerprint density at radius 3 is 2.62 bits per heavy atom. The van der Waals surface area contributed by atoms with Gasteiger partial charge in [0, 0.05) is 36.8 Å². The molecule has 8 heteroatoms. The Balaban J connectivity index is 0.00000625. The van der Waals surface area contributed by atoms with E-state index >= 15 is 0 Å². The normalized spacial score (nSPS) is 11.5. The zero-order valence-electron chi connectivity index (χ0n) is 16.1. The maximum absolute atomic E-state index is 12.1. The summed E-state index contributed by atoms with van der Waals surface area (Å²) in [7, 11) is 1.67. The summed E-state index contributed by atoms with van der Waals surface area (Å²) >= 11 is 3.42. The van der Waals surface area contributed by atoms with Crippen molar-refractivity contribution < 1.29 is 9.53 Å².